The second-order valence-corrected chi connectivity index (χ2v) is 4.04. The fraction of sp³-hybridized carbons (Fsp3) is 0.143. The Morgan fingerprint density at radius 1 is 1.06 bits per heavy atom. The standard InChI is InChI=1S/C14H12ClF/c1-2-10-7-8-11(16)9-13(10)12-5-3-4-6-14(12)15/h3-9H,2H2,1H3. The first-order valence-electron chi connectivity index (χ1n) is 5.25. The molecule has 2 aromatic rings. The van der Waals surface area contributed by atoms with Crippen LogP contribution in [0.1, 0.15) is 12.5 Å². The van der Waals surface area contributed by atoms with Crippen LogP contribution in [0.5, 0.6) is 0 Å². The molecule has 2 heteroatoms. The van der Waals surface area contributed by atoms with E-state index in [-0.39, 0.29) is 5.82 Å². The van der Waals surface area contributed by atoms with E-state index < -0.39 is 0 Å². The van der Waals surface area contributed by atoms with Gasteiger partial charge in [-0.1, -0.05) is 42.8 Å². The van der Waals surface area contributed by atoms with Crippen LogP contribution in [-0.2, 0) is 6.42 Å². The fourth-order valence-electron chi connectivity index (χ4n) is 1.79. The molecule has 0 saturated carbocycles. The van der Waals surface area contributed by atoms with Gasteiger partial charge >= 0.3 is 0 Å². The third kappa shape index (κ3) is 2.10. The van der Waals surface area contributed by atoms with Gasteiger partial charge in [-0.15, -0.1) is 0 Å². The maximum Gasteiger partial charge on any atom is 0.123 e. The van der Waals surface area contributed by atoms with Crippen molar-refractivity contribution in [3.05, 3.63) is 58.9 Å². The van der Waals surface area contributed by atoms with Gasteiger partial charge in [0.05, 0.1) is 0 Å². The average Bonchev–Trinajstić information content (AvgIpc) is 2.29. The average molecular weight is 235 g/mol. The minimum absolute atomic E-state index is 0.230. The van der Waals surface area contributed by atoms with Crippen molar-refractivity contribution in [2.24, 2.45) is 0 Å². The second kappa shape index (κ2) is 4.67. The molecule has 0 N–H and O–H groups in total. The highest BCUT2D eigenvalue weighted by Crippen LogP contribution is 2.31. The number of hydrogen-bond acceptors (Lipinski definition) is 0. The third-order valence-corrected chi connectivity index (χ3v) is 2.95. The van der Waals surface area contributed by atoms with Gasteiger partial charge in [-0.2, -0.15) is 0 Å². The largest absolute Gasteiger partial charge is 0.207 e. The van der Waals surface area contributed by atoms with Gasteiger partial charge in [0, 0.05) is 10.6 Å². The summed E-state index contributed by atoms with van der Waals surface area (Å²) in [5.74, 6) is -0.230. The molecule has 0 amide bonds. The molecule has 2 rings (SSSR count). The summed E-state index contributed by atoms with van der Waals surface area (Å²) >= 11 is 6.12. The quantitative estimate of drug-likeness (QED) is 0.706. The van der Waals surface area contributed by atoms with Gasteiger partial charge in [0.25, 0.3) is 0 Å². The third-order valence-electron chi connectivity index (χ3n) is 2.62. The molecule has 82 valence electrons. The molecule has 0 fully saturated rings. The van der Waals surface area contributed by atoms with Gasteiger partial charge in [0.2, 0.25) is 0 Å². The molecule has 0 aliphatic heterocycles. The Bertz CT molecular complexity index is 506. The number of benzene rings is 2. The van der Waals surface area contributed by atoms with E-state index in [9.17, 15) is 4.39 Å². The molecule has 0 aromatic heterocycles. The van der Waals surface area contributed by atoms with Crippen LogP contribution in [0.25, 0.3) is 11.1 Å². The zero-order valence-electron chi connectivity index (χ0n) is 9.00. The molecule has 2 aromatic carbocycles. The first-order chi connectivity index (χ1) is 7.72. The van der Waals surface area contributed by atoms with Gasteiger partial charge in [0.1, 0.15) is 5.82 Å². The summed E-state index contributed by atoms with van der Waals surface area (Å²) in [5.41, 5.74) is 2.88. The van der Waals surface area contributed by atoms with Crippen molar-refractivity contribution < 1.29 is 4.39 Å². The van der Waals surface area contributed by atoms with Crippen molar-refractivity contribution in [1.29, 1.82) is 0 Å². The molecule has 16 heavy (non-hydrogen) atoms. The second-order valence-electron chi connectivity index (χ2n) is 3.63. The van der Waals surface area contributed by atoms with E-state index in [1.807, 2.05) is 37.3 Å². The highest BCUT2D eigenvalue weighted by molar-refractivity contribution is 6.33. The Morgan fingerprint density at radius 2 is 1.81 bits per heavy atom. The maximum atomic E-state index is 13.3. The summed E-state index contributed by atoms with van der Waals surface area (Å²) in [6.07, 6.45) is 0.862. The summed E-state index contributed by atoms with van der Waals surface area (Å²) in [5, 5.41) is 0.655. The lowest BCUT2D eigenvalue weighted by atomic mass is 9.98. The highest BCUT2D eigenvalue weighted by atomic mass is 35.5. The summed E-state index contributed by atoms with van der Waals surface area (Å²) in [6, 6.07) is 12.4. The van der Waals surface area contributed by atoms with Crippen LogP contribution >= 0.6 is 11.6 Å². The molecule has 0 radical (unpaired) electrons. The Kier molecular flexibility index (Phi) is 3.25. The molecule has 0 aliphatic rings. The van der Waals surface area contributed by atoms with Crippen molar-refractivity contribution in [1.82, 2.24) is 0 Å². The Balaban J connectivity index is 2.63. The molecule has 0 unspecified atom stereocenters. The van der Waals surface area contributed by atoms with E-state index >= 15 is 0 Å². The van der Waals surface area contributed by atoms with Crippen LogP contribution in [0.4, 0.5) is 4.39 Å². The Morgan fingerprint density at radius 3 is 2.50 bits per heavy atom. The van der Waals surface area contributed by atoms with Crippen molar-refractivity contribution in [3.8, 4) is 11.1 Å². The maximum absolute atomic E-state index is 13.3. The normalized spacial score (nSPS) is 10.4. The highest BCUT2D eigenvalue weighted by Gasteiger charge is 2.08. The Hall–Kier alpha value is -1.34. The van der Waals surface area contributed by atoms with Crippen LogP contribution in [0.2, 0.25) is 5.02 Å². The predicted octanol–water partition coefficient (Wildman–Crippen LogP) is 4.71. The lowest BCUT2D eigenvalue weighted by Gasteiger charge is -2.09. The molecule has 0 nitrogen and oxygen atoms in total. The molecule has 0 spiro atoms. The lowest BCUT2D eigenvalue weighted by Crippen LogP contribution is -1.89. The topological polar surface area (TPSA) is 0 Å². The van der Waals surface area contributed by atoms with Crippen LogP contribution in [0.15, 0.2) is 42.5 Å². The summed E-state index contributed by atoms with van der Waals surface area (Å²) in [6.45, 7) is 2.05. The smallest absolute Gasteiger partial charge is 0.123 e. The Labute approximate surface area is 99.7 Å². The van der Waals surface area contributed by atoms with Gasteiger partial charge in [0.15, 0.2) is 0 Å². The lowest BCUT2D eigenvalue weighted by molar-refractivity contribution is 0.627. The van der Waals surface area contributed by atoms with Crippen molar-refractivity contribution in [2.45, 2.75) is 13.3 Å². The van der Waals surface area contributed by atoms with E-state index in [0.717, 1.165) is 23.1 Å². The van der Waals surface area contributed by atoms with E-state index in [1.165, 1.54) is 6.07 Å². The van der Waals surface area contributed by atoms with E-state index in [0.29, 0.717) is 5.02 Å². The number of rotatable bonds is 2. The number of halogens is 2. The summed E-state index contributed by atoms with van der Waals surface area (Å²) in [7, 11) is 0. The van der Waals surface area contributed by atoms with Crippen LogP contribution < -0.4 is 0 Å². The van der Waals surface area contributed by atoms with Gasteiger partial charge in [-0.3, -0.25) is 0 Å². The van der Waals surface area contributed by atoms with Gasteiger partial charge < -0.3 is 0 Å². The zero-order valence-corrected chi connectivity index (χ0v) is 9.76. The molecular weight excluding hydrogens is 223 g/mol. The first kappa shape index (κ1) is 11.2. The summed E-state index contributed by atoms with van der Waals surface area (Å²) < 4.78 is 13.3. The predicted molar refractivity (Wildman–Crippen MR) is 66.2 cm³/mol. The van der Waals surface area contributed by atoms with Gasteiger partial charge in [-0.25, -0.2) is 4.39 Å². The minimum Gasteiger partial charge on any atom is -0.207 e. The first-order valence-corrected chi connectivity index (χ1v) is 5.63. The fourth-order valence-corrected chi connectivity index (χ4v) is 2.02. The molecule has 0 aliphatic carbocycles. The van der Waals surface area contributed by atoms with Crippen molar-refractivity contribution in [2.75, 3.05) is 0 Å². The van der Waals surface area contributed by atoms with Crippen molar-refractivity contribution in [3.63, 3.8) is 0 Å². The molecule has 0 atom stereocenters. The summed E-state index contributed by atoms with van der Waals surface area (Å²) in [4.78, 5) is 0. The van der Waals surface area contributed by atoms with E-state index in [4.69, 9.17) is 11.6 Å². The van der Waals surface area contributed by atoms with Crippen molar-refractivity contribution >= 4 is 11.6 Å². The van der Waals surface area contributed by atoms with Gasteiger partial charge in [-0.05, 0) is 35.7 Å². The van der Waals surface area contributed by atoms with E-state index in [2.05, 4.69) is 0 Å². The number of aryl methyl sites for hydroxylation is 1. The van der Waals surface area contributed by atoms with Crippen LogP contribution in [0, 0.1) is 5.82 Å². The molecule has 0 saturated heterocycles. The molecule has 0 bridgehead atoms. The van der Waals surface area contributed by atoms with E-state index in [1.54, 1.807) is 6.07 Å². The molecule has 0 heterocycles. The minimum atomic E-state index is -0.230. The zero-order chi connectivity index (χ0) is 11.5. The monoisotopic (exact) mass is 234 g/mol. The van der Waals surface area contributed by atoms with Crippen LogP contribution in [0.3, 0.4) is 0 Å². The van der Waals surface area contributed by atoms with Crippen LogP contribution in [-0.4, -0.2) is 0 Å². The number of hydrogen-bond donors (Lipinski definition) is 0. The molecular formula is C14H12ClF. The SMILES string of the molecule is CCc1ccc(F)cc1-c1ccccc1Cl.